The SMILES string of the molecule is Cc1cc(C(Br)C(F)F)c(C)s1. The third-order valence-corrected chi connectivity index (χ3v) is 3.47. The minimum Gasteiger partial charge on any atom is -0.209 e. The van der Waals surface area contributed by atoms with Crippen molar-refractivity contribution < 1.29 is 8.78 Å². The van der Waals surface area contributed by atoms with Crippen LogP contribution in [0.2, 0.25) is 0 Å². The average Bonchev–Trinajstić information content (AvgIpc) is 2.28. The highest BCUT2D eigenvalue weighted by Gasteiger charge is 2.21. The molecule has 1 rings (SSSR count). The first kappa shape index (κ1) is 10.1. The van der Waals surface area contributed by atoms with E-state index < -0.39 is 11.3 Å². The van der Waals surface area contributed by atoms with Crippen molar-refractivity contribution in [3.05, 3.63) is 21.4 Å². The summed E-state index contributed by atoms with van der Waals surface area (Å²) in [6.45, 7) is 3.79. The third kappa shape index (κ3) is 2.04. The Balaban J connectivity index is 2.94. The summed E-state index contributed by atoms with van der Waals surface area (Å²) in [5, 5.41) is 0. The van der Waals surface area contributed by atoms with Crippen LogP contribution in [0, 0.1) is 13.8 Å². The molecule has 0 radical (unpaired) electrons. The molecule has 0 amide bonds. The monoisotopic (exact) mass is 254 g/mol. The Bertz CT molecular complexity index is 270. The first-order chi connectivity index (χ1) is 5.52. The van der Waals surface area contributed by atoms with Crippen molar-refractivity contribution in [3.8, 4) is 0 Å². The first-order valence-electron chi connectivity index (χ1n) is 3.51. The summed E-state index contributed by atoms with van der Waals surface area (Å²) in [6, 6.07) is 1.81. The Morgan fingerprint density at radius 1 is 1.42 bits per heavy atom. The molecule has 0 N–H and O–H groups in total. The van der Waals surface area contributed by atoms with Crippen molar-refractivity contribution in [1.82, 2.24) is 0 Å². The number of hydrogen-bond acceptors (Lipinski definition) is 1. The fourth-order valence-corrected chi connectivity index (χ4v) is 2.66. The second kappa shape index (κ2) is 3.83. The minimum absolute atomic E-state index is 0.715. The second-order valence-electron chi connectivity index (χ2n) is 2.60. The highest BCUT2D eigenvalue weighted by Crippen LogP contribution is 2.35. The Kier molecular flexibility index (Phi) is 3.23. The van der Waals surface area contributed by atoms with Gasteiger partial charge in [0.2, 0.25) is 0 Å². The van der Waals surface area contributed by atoms with Crippen molar-refractivity contribution in [3.63, 3.8) is 0 Å². The van der Waals surface area contributed by atoms with E-state index in [-0.39, 0.29) is 0 Å². The fraction of sp³-hybridized carbons (Fsp3) is 0.500. The third-order valence-electron chi connectivity index (χ3n) is 1.60. The van der Waals surface area contributed by atoms with Gasteiger partial charge in [-0.2, -0.15) is 0 Å². The molecule has 0 aliphatic rings. The number of thiophene rings is 1. The van der Waals surface area contributed by atoms with E-state index in [9.17, 15) is 8.78 Å². The van der Waals surface area contributed by atoms with E-state index in [1.54, 1.807) is 11.3 Å². The van der Waals surface area contributed by atoms with Crippen molar-refractivity contribution in [2.24, 2.45) is 0 Å². The van der Waals surface area contributed by atoms with E-state index in [4.69, 9.17) is 0 Å². The molecule has 0 nitrogen and oxygen atoms in total. The van der Waals surface area contributed by atoms with Gasteiger partial charge in [-0.05, 0) is 25.5 Å². The maximum Gasteiger partial charge on any atom is 0.255 e. The predicted molar refractivity (Wildman–Crippen MR) is 51.5 cm³/mol. The van der Waals surface area contributed by atoms with Gasteiger partial charge in [-0.1, -0.05) is 15.9 Å². The van der Waals surface area contributed by atoms with Gasteiger partial charge in [-0.25, -0.2) is 8.78 Å². The smallest absolute Gasteiger partial charge is 0.209 e. The van der Waals surface area contributed by atoms with Crippen LogP contribution in [-0.4, -0.2) is 6.43 Å². The Hall–Kier alpha value is 0.0400. The van der Waals surface area contributed by atoms with Gasteiger partial charge in [-0.3, -0.25) is 0 Å². The number of halogens is 3. The van der Waals surface area contributed by atoms with Crippen molar-refractivity contribution in [1.29, 1.82) is 0 Å². The molecule has 1 atom stereocenters. The van der Waals surface area contributed by atoms with Gasteiger partial charge in [0.05, 0.1) is 0 Å². The van der Waals surface area contributed by atoms with Crippen LogP contribution in [0.25, 0.3) is 0 Å². The quantitative estimate of drug-likeness (QED) is 0.699. The second-order valence-corrected chi connectivity index (χ2v) is 5.05. The van der Waals surface area contributed by atoms with Gasteiger partial charge >= 0.3 is 0 Å². The first-order valence-corrected chi connectivity index (χ1v) is 5.24. The summed E-state index contributed by atoms with van der Waals surface area (Å²) < 4.78 is 24.5. The molecule has 0 aromatic carbocycles. The Morgan fingerprint density at radius 3 is 2.33 bits per heavy atom. The molecular weight excluding hydrogens is 246 g/mol. The van der Waals surface area contributed by atoms with Crippen molar-refractivity contribution in [2.75, 3.05) is 0 Å². The molecule has 4 heteroatoms. The summed E-state index contributed by atoms with van der Waals surface area (Å²) in [4.78, 5) is 1.23. The average molecular weight is 255 g/mol. The normalized spacial score (nSPS) is 13.8. The molecule has 12 heavy (non-hydrogen) atoms. The van der Waals surface area contributed by atoms with E-state index in [1.165, 1.54) is 0 Å². The zero-order valence-electron chi connectivity index (χ0n) is 6.77. The van der Waals surface area contributed by atoms with Crippen LogP contribution in [-0.2, 0) is 0 Å². The molecule has 0 bridgehead atoms. The topological polar surface area (TPSA) is 0 Å². The molecule has 0 spiro atoms. The number of alkyl halides is 3. The fourth-order valence-electron chi connectivity index (χ4n) is 1.06. The van der Waals surface area contributed by atoms with Crippen molar-refractivity contribution in [2.45, 2.75) is 25.1 Å². The molecule has 0 fully saturated rings. The van der Waals surface area contributed by atoms with E-state index >= 15 is 0 Å². The summed E-state index contributed by atoms with van der Waals surface area (Å²) in [6.07, 6.45) is -2.34. The number of aryl methyl sites for hydroxylation is 2. The summed E-state index contributed by atoms with van der Waals surface area (Å²) >= 11 is 4.52. The molecule has 1 aromatic rings. The summed E-state index contributed by atoms with van der Waals surface area (Å²) in [7, 11) is 0. The van der Waals surface area contributed by atoms with E-state index in [0.29, 0.717) is 5.56 Å². The maximum atomic E-state index is 12.3. The lowest BCUT2D eigenvalue weighted by Gasteiger charge is -2.06. The molecule has 68 valence electrons. The van der Waals surface area contributed by atoms with Crippen LogP contribution < -0.4 is 0 Å². The highest BCUT2D eigenvalue weighted by atomic mass is 79.9. The van der Waals surface area contributed by atoms with Crippen LogP contribution in [0.5, 0.6) is 0 Å². The van der Waals surface area contributed by atoms with E-state index in [2.05, 4.69) is 15.9 Å². The van der Waals surface area contributed by atoms with Gasteiger partial charge in [0.1, 0.15) is 4.83 Å². The molecule has 0 saturated heterocycles. The van der Waals surface area contributed by atoms with Crippen molar-refractivity contribution >= 4 is 27.3 Å². The molecule has 0 aliphatic carbocycles. The van der Waals surface area contributed by atoms with Gasteiger partial charge in [0, 0.05) is 9.75 Å². The number of hydrogen-bond donors (Lipinski definition) is 0. The Labute approximate surface area is 82.7 Å². The lowest BCUT2D eigenvalue weighted by molar-refractivity contribution is 0.147. The molecule has 0 aliphatic heterocycles. The van der Waals surface area contributed by atoms with Gasteiger partial charge < -0.3 is 0 Å². The predicted octanol–water partition coefficient (Wildman–Crippen LogP) is 4.07. The molecule has 1 unspecified atom stereocenters. The zero-order valence-corrected chi connectivity index (χ0v) is 9.18. The maximum absolute atomic E-state index is 12.3. The summed E-state index contributed by atoms with van der Waals surface area (Å²) in [5.41, 5.74) is 0.715. The van der Waals surface area contributed by atoms with Gasteiger partial charge in [0.15, 0.2) is 0 Å². The summed E-state index contributed by atoms with van der Waals surface area (Å²) in [5.74, 6) is 0. The van der Waals surface area contributed by atoms with E-state index in [1.807, 2.05) is 19.9 Å². The molecule has 1 aromatic heterocycles. The van der Waals surface area contributed by atoms with Crippen LogP contribution >= 0.6 is 27.3 Å². The largest absolute Gasteiger partial charge is 0.255 e. The lowest BCUT2D eigenvalue weighted by atomic mass is 10.2. The molecule has 0 saturated carbocycles. The highest BCUT2D eigenvalue weighted by molar-refractivity contribution is 9.09. The van der Waals surface area contributed by atoms with Gasteiger partial charge in [0.25, 0.3) is 6.43 Å². The van der Waals surface area contributed by atoms with Crippen LogP contribution in [0.3, 0.4) is 0 Å². The van der Waals surface area contributed by atoms with Crippen LogP contribution in [0.1, 0.15) is 20.1 Å². The standard InChI is InChI=1S/C8H9BrF2S/c1-4-3-6(5(2)12-4)7(9)8(10)11/h3,7-8H,1-2H3. The molecule has 1 heterocycles. The Morgan fingerprint density at radius 2 is 2.00 bits per heavy atom. The zero-order chi connectivity index (χ0) is 9.30. The minimum atomic E-state index is -2.34. The molecular formula is C8H9BrF2S. The van der Waals surface area contributed by atoms with E-state index in [0.717, 1.165) is 9.75 Å². The van der Waals surface area contributed by atoms with Crippen LogP contribution in [0.4, 0.5) is 8.78 Å². The van der Waals surface area contributed by atoms with Crippen LogP contribution in [0.15, 0.2) is 6.07 Å². The lowest BCUT2D eigenvalue weighted by Crippen LogP contribution is -2.00. The van der Waals surface area contributed by atoms with Gasteiger partial charge in [-0.15, -0.1) is 11.3 Å². The number of rotatable bonds is 2.